The van der Waals surface area contributed by atoms with Crippen LogP contribution in [-0.4, -0.2) is 22.8 Å². The molecule has 0 saturated heterocycles. The van der Waals surface area contributed by atoms with Crippen LogP contribution in [0.25, 0.3) is 0 Å². The van der Waals surface area contributed by atoms with Crippen molar-refractivity contribution in [2.24, 2.45) is 0 Å². The highest BCUT2D eigenvalue weighted by atomic mass is 16.5. The standard InChI is InChI=1S/C9H14N2O2/c1-4-7-6(3)8(11-10-7)9(12)13-5-2/h4-5H2,1-3H3,(H,10,11). The summed E-state index contributed by atoms with van der Waals surface area (Å²) in [6.07, 6.45) is 0.845. The Hall–Kier alpha value is -1.32. The molecule has 0 fully saturated rings. The molecule has 4 nitrogen and oxygen atoms in total. The number of carbonyl (C=O) groups excluding carboxylic acids is 1. The highest BCUT2D eigenvalue weighted by Crippen LogP contribution is 2.11. The van der Waals surface area contributed by atoms with Gasteiger partial charge < -0.3 is 4.74 Å². The van der Waals surface area contributed by atoms with Gasteiger partial charge in [-0.25, -0.2) is 4.79 Å². The van der Waals surface area contributed by atoms with Crippen LogP contribution >= 0.6 is 0 Å². The van der Waals surface area contributed by atoms with Gasteiger partial charge in [-0.2, -0.15) is 5.10 Å². The summed E-state index contributed by atoms with van der Waals surface area (Å²) < 4.78 is 4.85. The minimum atomic E-state index is -0.351. The summed E-state index contributed by atoms with van der Waals surface area (Å²) in [6.45, 7) is 6.04. The second-order valence-electron chi connectivity index (χ2n) is 2.75. The molecule has 0 atom stereocenters. The van der Waals surface area contributed by atoms with Crippen molar-refractivity contribution in [3.05, 3.63) is 17.0 Å². The summed E-state index contributed by atoms with van der Waals surface area (Å²) in [5, 5.41) is 6.72. The third-order valence-corrected chi connectivity index (χ3v) is 1.93. The van der Waals surface area contributed by atoms with E-state index in [4.69, 9.17) is 4.74 Å². The lowest BCUT2D eigenvalue weighted by Gasteiger charge is -1.98. The van der Waals surface area contributed by atoms with E-state index in [9.17, 15) is 4.79 Å². The van der Waals surface area contributed by atoms with E-state index < -0.39 is 0 Å². The van der Waals surface area contributed by atoms with Gasteiger partial charge in [0, 0.05) is 11.3 Å². The van der Waals surface area contributed by atoms with Crippen LogP contribution in [0.3, 0.4) is 0 Å². The molecule has 4 heteroatoms. The predicted octanol–water partition coefficient (Wildman–Crippen LogP) is 1.46. The summed E-state index contributed by atoms with van der Waals surface area (Å²) >= 11 is 0. The maximum atomic E-state index is 11.3. The summed E-state index contributed by atoms with van der Waals surface area (Å²) in [7, 11) is 0. The molecule has 0 radical (unpaired) electrons. The number of aryl methyl sites for hydroxylation is 1. The number of rotatable bonds is 3. The van der Waals surface area contributed by atoms with Crippen LogP contribution < -0.4 is 0 Å². The van der Waals surface area contributed by atoms with Crippen LogP contribution in [-0.2, 0) is 11.2 Å². The van der Waals surface area contributed by atoms with Crippen molar-refractivity contribution < 1.29 is 9.53 Å². The number of ether oxygens (including phenoxy) is 1. The Bertz CT molecular complexity index is 305. The molecule has 0 bridgehead atoms. The first kappa shape index (κ1) is 9.77. The summed E-state index contributed by atoms with van der Waals surface area (Å²) in [4.78, 5) is 11.3. The van der Waals surface area contributed by atoms with Crippen LogP contribution in [0.5, 0.6) is 0 Å². The second-order valence-corrected chi connectivity index (χ2v) is 2.75. The van der Waals surface area contributed by atoms with Crippen molar-refractivity contribution >= 4 is 5.97 Å². The Morgan fingerprint density at radius 3 is 2.69 bits per heavy atom. The average molecular weight is 182 g/mol. The maximum absolute atomic E-state index is 11.3. The number of nitrogens with one attached hydrogen (secondary N) is 1. The van der Waals surface area contributed by atoms with Gasteiger partial charge in [0.2, 0.25) is 0 Å². The first-order valence-electron chi connectivity index (χ1n) is 4.41. The molecule has 0 amide bonds. The first-order valence-corrected chi connectivity index (χ1v) is 4.41. The molecular weight excluding hydrogens is 168 g/mol. The van der Waals surface area contributed by atoms with Gasteiger partial charge in [-0.15, -0.1) is 0 Å². The number of aromatic amines is 1. The molecule has 0 aliphatic rings. The zero-order valence-electron chi connectivity index (χ0n) is 8.18. The Labute approximate surface area is 77.3 Å². The molecule has 13 heavy (non-hydrogen) atoms. The fourth-order valence-corrected chi connectivity index (χ4v) is 1.18. The highest BCUT2D eigenvalue weighted by Gasteiger charge is 2.15. The molecule has 1 rings (SSSR count). The lowest BCUT2D eigenvalue weighted by molar-refractivity contribution is 0.0518. The smallest absolute Gasteiger partial charge is 0.359 e. The van der Waals surface area contributed by atoms with Gasteiger partial charge in [0.05, 0.1) is 6.61 Å². The minimum Gasteiger partial charge on any atom is -0.461 e. The molecule has 1 aromatic rings. The van der Waals surface area contributed by atoms with Crippen molar-refractivity contribution in [1.82, 2.24) is 10.2 Å². The summed E-state index contributed by atoms with van der Waals surface area (Å²) in [5.74, 6) is -0.351. The number of nitrogens with zero attached hydrogens (tertiary/aromatic N) is 1. The Kier molecular flexibility index (Phi) is 3.06. The zero-order valence-corrected chi connectivity index (χ0v) is 8.18. The minimum absolute atomic E-state index is 0.351. The topological polar surface area (TPSA) is 55.0 Å². The van der Waals surface area contributed by atoms with E-state index in [-0.39, 0.29) is 5.97 Å². The normalized spacial score (nSPS) is 10.1. The maximum Gasteiger partial charge on any atom is 0.359 e. The van der Waals surface area contributed by atoms with Gasteiger partial charge in [-0.05, 0) is 20.3 Å². The third-order valence-electron chi connectivity index (χ3n) is 1.93. The van der Waals surface area contributed by atoms with Crippen molar-refractivity contribution in [2.45, 2.75) is 27.2 Å². The number of hydrogen-bond acceptors (Lipinski definition) is 3. The quantitative estimate of drug-likeness (QED) is 0.720. The van der Waals surface area contributed by atoms with Gasteiger partial charge in [0.1, 0.15) is 0 Å². The lowest BCUT2D eigenvalue weighted by atomic mass is 10.2. The summed E-state index contributed by atoms with van der Waals surface area (Å²) in [6, 6.07) is 0. The Morgan fingerprint density at radius 2 is 2.23 bits per heavy atom. The van der Waals surface area contributed by atoms with Crippen molar-refractivity contribution in [3.63, 3.8) is 0 Å². The zero-order chi connectivity index (χ0) is 9.84. The number of H-pyrrole nitrogens is 1. The van der Waals surface area contributed by atoms with E-state index in [0.29, 0.717) is 12.3 Å². The highest BCUT2D eigenvalue weighted by molar-refractivity contribution is 5.89. The number of hydrogen-bond donors (Lipinski definition) is 1. The van der Waals surface area contributed by atoms with Gasteiger partial charge in [-0.3, -0.25) is 5.10 Å². The van der Waals surface area contributed by atoms with Gasteiger partial charge in [0.15, 0.2) is 5.69 Å². The van der Waals surface area contributed by atoms with Crippen LogP contribution in [0.15, 0.2) is 0 Å². The van der Waals surface area contributed by atoms with Gasteiger partial charge in [-0.1, -0.05) is 6.92 Å². The van der Waals surface area contributed by atoms with Gasteiger partial charge >= 0.3 is 5.97 Å². The van der Waals surface area contributed by atoms with E-state index in [0.717, 1.165) is 17.7 Å². The van der Waals surface area contributed by atoms with Crippen LogP contribution in [0.1, 0.15) is 35.6 Å². The largest absolute Gasteiger partial charge is 0.461 e. The molecule has 0 saturated carbocycles. The average Bonchev–Trinajstić information content (AvgIpc) is 2.47. The van der Waals surface area contributed by atoms with Crippen LogP contribution in [0, 0.1) is 6.92 Å². The monoisotopic (exact) mass is 182 g/mol. The SMILES string of the molecule is CCOC(=O)c1n[nH]c(CC)c1C. The van der Waals surface area contributed by atoms with E-state index in [1.165, 1.54) is 0 Å². The molecule has 1 N–H and O–H groups in total. The van der Waals surface area contributed by atoms with Crippen LogP contribution in [0.4, 0.5) is 0 Å². The first-order chi connectivity index (χ1) is 6.20. The van der Waals surface area contributed by atoms with Crippen molar-refractivity contribution in [3.8, 4) is 0 Å². The number of aromatic nitrogens is 2. The fraction of sp³-hybridized carbons (Fsp3) is 0.556. The molecule has 0 unspecified atom stereocenters. The molecule has 0 spiro atoms. The molecule has 0 aliphatic heterocycles. The summed E-state index contributed by atoms with van der Waals surface area (Å²) in [5.41, 5.74) is 2.28. The molecule has 0 aromatic carbocycles. The number of carbonyl (C=O) groups is 1. The third kappa shape index (κ3) is 1.88. The molecule has 1 aromatic heterocycles. The van der Waals surface area contributed by atoms with Crippen LogP contribution in [0.2, 0.25) is 0 Å². The lowest BCUT2D eigenvalue weighted by Crippen LogP contribution is -2.06. The van der Waals surface area contributed by atoms with E-state index in [1.54, 1.807) is 6.92 Å². The molecule has 72 valence electrons. The molecule has 0 aliphatic carbocycles. The van der Waals surface area contributed by atoms with E-state index in [2.05, 4.69) is 10.2 Å². The van der Waals surface area contributed by atoms with Gasteiger partial charge in [0.25, 0.3) is 0 Å². The number of esters is 1. The Morgan fingerprint density at radius 1 is 1.54 bits per heavy atom. The fourth-order valence-electron chi connectivity index (χ4n) is 1.18. The predicted molar refractivity (Wildman–Crippen MR) is 48.7 cm³/mol. The second kappa shape index (κ2) is 4.07. The van der Waals surface area contributed by atoms with E-state index in [1.807, 2.05) is 13.8 Å². The molecule has 1 heterocycles. The van der Waals surface area contributed by atoms with Crippen molar-refractivity contribution in [2.75, 3.05) is 6.61 Å². The van der Waals surface area contributed by atoms with Crippen molar-refractivity contribution in [1.29, 1.82) is 0 Å². The Balaban J connectivity index is 2.89. The molecular formula is C9H14N2O2. The van der Waals surface area contributed by atoms with E-state index >= 15 is 0 Å².